The first-order valence-corrected chi connectivity index (χ1v) is 3.72. The van der Waals surface area contributed by atoms with Crippen molar-refractivity contribution in [1.82, 2.24) is 4.90 Å². The van der Waals surface area contributed by atoms with Crippen LogP contribution >= 0.6 is 0 Å². The van der Waals surface area contributed by atoms with Crippen molar-refractivity contribution in [3.63, 3.8) is 0 Å². The number of hydrogen-bond acceptors (Lipinski definition) is 3. The summed E-state index contributed by atoms with van der Waals surface area (Å²) >= 11 is 0. The number of aliphatic hydroxyl groups is 1. The van der Waals surface area contributed by atoms with E-state index in [2.05, 4.69) is 4.90 Å². The highest BCUT2D eigenvalue weighted by molar-refractivity contribution is 4.82. The Morgan fingerprint density at radius 2 is 2.30 bits per heavy atom. The zero-order chi connectivity index (χ0) is 7.56. The zero-order valence-electron chi connectivity index (χ0n) is 6.58. The van der Waals surface area contributed by atoms with Crippen LogP contribution in [0.5, 0.6) is 0 Å². The maximum Gasteiger partial charge on any atom is 0.0972 e. The van der Waals surface area contributed by atoms with Gasteiger partial charge in [0.25, 0.3) is 0 Å². The molecule has 1 fully saturated rings. The van der Waals surface area contributed by atoms with E-state index < -0.39 is 0 Å². The molecule has 0 aromatic rings. The van der Waals surface area contributed by atoms with E-state index in [9.17, 15) is 5.11 Å². The molecule has 1 saturated heterocycles. The lowest BCUT2D eigenvalue weighted by atomic mass is 10.3. The highest BCUT2D eigenvalue weighted by Gasteiger charge is 2.28. The summed E-state index contributed by atoms with van der Waals surface area (Å²) in [6.45, 7) is 4.24. The maximum absolute atomic E-state index is 9.32. The van der Waals surface area contributed by atoms with Crippen molar-refractivity contribution in [2.75, 3.05) is 26.7 Å². The lowest BCUT2D eigenvalue weighted by Gasteiger charge is -2.12. The SMILES string of the molecule is CCO[C@@H]1CN(C)C[C@H]1O. The minimum atomic E-state index is -0.287. The number of likely N-dealkylation sites (N-methyl/N-ethyl adjacent to an activating group) is 1. The number of nitrogens with zero attached hydrogens (tertiary/aromatic N) is 1. The van der Waals surface area contributed by atoms with Gasteiger partial charge in [0, 0.05) is 19.7 Å². The molecule has 2 atom stereocenters. The van der Waals surface area contributed by atoms with Gasteiger partial charge >= 0.3 is 0 Å². The van der Waals surface area contributed by atoms with E-state index in [-0.39, 0.29) is 12.2 Å². The third-order valence-electron chi connectivity index (χ3n) is 1.80. The van der Waals surface area contributed by atoms with Crippen molar-refractivity contribution >= 4 is 0 Å². The topological polar surface area (TPSA) is 32.7 Å². The first-order chi connectivity index (χ1) is 4.74. The van der Waals surface area contributed by atoms with Gasteiger partial charge in [0.2, 0.25) is 0 Å². The van der Waals surface area contributed by atoms with Crippen LogP contribution in [-0.4, -0.2) is 49.0 Å². The molecule has 0 aliphatic carbocycles. The summed E-state index contributed by atoms with van der Waals surface area (Å²) in [6, 6.07) is 0. The summed E-state index contributed by atoms with van der Waals surface area (Å²) in [5, 5.41) is 9.32. The Kier molecular flexibility index (Phi) is 2.65. The van der Waals surface area contributed by atoms with Crippen LogP contribution in [0.2, 0.25) is 0 Å². The smallest absolute Gasteiger partial charge is 0.0972 e. The molecular formula is C7H15NO2. The second kappa shape index (κ2) is 3.32. The molecule has 0 unspecified atom stereocenters. The van der Waals surface area contributed by atoms with Crippen LogP contribution in [0.1, 0.15) is 6.92 Å². The summed E-state index contributed by atoms with van der Waals surface area (Å²) in [5.41, 5.74) is 0. The number of rotatable bonds is 2. The fourth-order valence-electron chi connectivity index (χ4n) is 1.32. The minimum absolute atomic E-state index is 0.0370. The van der Waals surface area contributed by atoms with Gasteiger partial charge in [0.05, 0.1) is 12.2 Å². The van der Waals surface area contributed by atoms with Gasteiger partial charge < -0.3 is 14.7 Å². The van der Waals surface area contributed by atoms with E-state index >= 15 is 0 Å². The van der Waals surface area contributed by atoms with E-state index in [1.54, 1.807) is 0 Å². The van der Waals surface area contributed by atoms with E-state index in [0.717, 1.165) is 13.1 Å². The average molecular weight is 145 g/mol. The van der Waals surface area contributed by atoms with Crippen LogP contribution in [0.15, 0.2) is 0 Å². The van der Waals surface area contributed by atoms with E-state index in [1.807, 2.05) is 14.0 Å². The molecule has 3 nitrogen and oxygen atoms in total. The van der Waals surface area contributed by atoms with Crippen LogP contribution in [0.3, 0.4) is 0 Å². The van der Waals surface area contributed by atoms with Crippen LogP contribution in [-0.2, 0) is 4.74 Å². The van der Waals surface area contributed by atoms with Gasteiger partial charge in [-0.2, -0.15) is 0 Å². The monoisotopic (exact) mass is 145 g/mol. The number of aliphatic hydroxyl groups excluding tert-OH is 1. The first-order valence-electron chi connectivity index (χ1n) is 3.72. The Balaban J connectivity index is 2.31. The molecule has 0 bridgehead atoms. The van der Waals surface area contributed by atoms with Crippen molar-refractivity contribution < 1.29 is 9.84 Å². The third kappa shape index (κ3) is 1.68. The number of likely N-dealkylation sites (tertiary alicyclic amines) is 1. The predicted molar refractivity (Wildman–Crippen MR) is 38.9 cm³/mol. The molecule has 0 aromatic heterocycles. The Labute approximate surface area is 61.6 Å². The van der Waals surface area contributed by atoms with Gasteiger partial charge in [-0.3, -0.25) is 0 Å². The molecule has 3 heteroatoms. The van der Waals surface area contributed by atoms with Crippen molar-refractivity contribution in [3.05, 3.63) is 0 Å². The highest BCUT2D eigenvalue weighted by Crippen LogP contribution is 2.10. The molecule has 1 aliphatic heterocycles. The van der Waals surface area contributed by atoms with Gasteiger partial charge in [0.15, 0.2) is 0 Å². The number of β-amino-alcohol motifs (C(OH)–C–C–N with tert-alkyl or cyclic N) is 1. The first kappa shape index (κ1) is 7.98. The van der Waals surface area contributed by atoms with Crippen molar-refractivity contribution in [2.45, 2.75) is 19.1 Å². The molecular weight excluding hydrogens is 130 g/mol. The van der Waals surface area contributed by atoms with E-state index in [1.165, 1.54) is 0 Å². The third-order valence-corrected chi connectivity index (χ3v) is 1.80. The summed E-state index contributed by atoms with van der Waals surface area (Å²) < 4.78 is 5.29. The summed E-state index contributed by atoms with van der Waals surface area (Å²) in [4.78, 5) is 2.07. The zero-order valence-corrected chi connectivity index (χ0v) is 6.58. The van der Waals surface area contributed by atoms with Crippen LogP contribution in [0, 0.1) is 0 Å². The van der Waals surface area contributed by atoms with Crippen LogP contribution in [0.25, 0.3) is 0 Å². The Morgan fingerprint density at radius 3 is 2.70 bits per heavy atom. The Morgan fingerprint density at radius 1 is 1.60 bits per heavy atom. The maximum atomic E-state index is 9.32. The number of hydrogen-bond donors (Lipinski definition) is 1. The van der Waals surface area contributed by atoms with E-state index in [0.29, 0.717) is 6.61 Å². The summed E-state index contributed by atoms with van der Waals surface area (Å²) in [6.07, 6.45) is -0.250. The fraction of sp³-hybridized carbons (Fsp3) is 1.00. The molecule has 10 heavy (non-hydrogen) atoms. The van der Waals surface area contributed by atoms with Crippen LogP contribution in [0.4, 0.5) is 0 Å². The quantitative estimate of drug-likeness (QED) is 0.579. The lowest BCUT2D eigenvalue weighted by molar-refractivity contribution is -0.00232. The molecule has 0 saturated carbocycles. The minimum Gasteiger partial charge on any atom is -0.389 e. The summed E-state index contributed by atoms with van der Waals surface area (Å²) in [7, 11) is 1.99. The van der Waals surface area contributed by atoms with Gasteiger partial charge in [-0.25, -0.2) is 0 Å². The molecule has 0 spiro atoms. The molecule has 0 aromatic carbocycles. The van der Waals surface area contributed by atoms with Gasteiger partial charge in [-0.05, 0) is 14.0 Å². The van der Waals surface area contributed by atoms with Crippen molar-refractivity contribution in [1.29, 1.82) is 0 Å². The second-order valence-corrected chi connectivity index (χ2v) is 2.78. The van der Waals surface area contributed by atoms with Gasteiger partial charge in [0.1, 0.15) is 0 Å². The fourth-order valence-corrected chi connectivity index (χ4v) is 1.32. The molecule has 1 N–H and O–H groups in total. The normalized spacial score (nSPS) is 35.1. The van der Waals surface area contributed by atoms with Gasteiger partial charge in [-0.15, -0.1) is 0 Å². The van der Waals surface area contributed by atoms with Crippen molar-refractivity contribution in [3.8, 4) is 0 Å². The number of ether oxygens (including phenoxy) is 1. The van der Waals surface area contributed by atoms with Crippen molar-refractivity contribution in [2.24, 2.45) is 0 Å². The standard InChI is InChI=1S/C7H15NO2/c1-3-10-7-5-8(2)4-6(7)9/h6-7,9H,3-5H2,1-2H3/t6-,7-/m1/s1. The Bertz CT molecular complexity index is 108. The van der Waals surface area contributed by atoms with E-state index in [4.69, 9.17) is 4.74 Å². The van der Waals surface area contributed by atoms with Crippen LogP contribution < -0.4 is 0 Å². The van der Waals surface area contributed by atoms with Gasteiger partial charge in [-0.1, -0.05) is 0 Å². The Hall–Kier alpha value is -0.120. The molecule has 0 radical (unpaired) electrons. The predicted octanol–water partition coefficient (Wildman–Crippen LogP) is -0.302. The largest absolute Gasteiger partial charge is 0.389 e. The second-order valence-electron chi connectivity index (χ2n) is 2.78. The molecule has 60 valence electrons. The lowest BCUT2D eigenvalue weighted by Crippen LogP contribution is -2.26. The highest BCUT2D eigenvalue weighted by atomic mass is 16.5. The average Bonchev–Trinajstić information content (AvgIpc) is 2.13. The summed E-state index contributed by atoms with van der Waals surface area (Å²) in [5.74, 6) is 0. The molecule has 1 heterocycles. The molecule has 0 amide bonds. The molecule has 1 rings (SSSR count). The molecule has 1 aliphatic rings.